The van der Waals surface area contributed by atoms with Crippen molar-refractivity contribution in [2.75, 3.05) is 40.3 Å². The maximum absolute atomic E-state index is 6.23. The van der Waals surface area contributed by atoms with E-state index in [1.165, 1.54) is 18.5 Å². The minimum absolute atomic E-state index is 0.326. The molecule has 1 aromatic carbocycles. The Morgan fingerprint density at radius 3 is 2.86 bits per heavy atom. The molecule has 22 heavy (non-hydrogen) atoms. The van der Waals surface area contributed by atoms with Crippen LogP contribution in [0.3, 0.4) is 0 Å². The molecule has 3 atom stereocenters. The third kappa shape index (κ3) is 3.62. The first-order valence-corrected chi connectivity index (χ1v) is 8.51. The molecule has 4 nitrogen and oxygen atoms in total. The Bertz CT molecular complexity index is 493. The molecule has 122 valence electrons. The van der Waals surface area contributed by atoms with Crippen molar-refractivity contribution in [3.05, 3.63) is 29.8 Å². The maximum Gasteiger partial charge on any atom is 0.120 e. The molecule has 4 heteroatoms. The number of nitrogens with two attached hydrogens (primary N) is 1. The first kappa shape index (κ1) is 15.8. The molecule has 0 aromatic heterocycles. The van der Waals surface area contributed by atoms with Crippen LogP contribution in [0, 0.1) is 5.92 Å². The first-order chi connectivity index (χ1) is 10.7. The monoisotopic (exact) mass is 303 g/mol. The van der Waals surface area contributed by atoms with Crippen LogP contribution in [0.25, 0.3) is 0 Å². The summed E-state index contributed by atoms with van der Waals surface area (Å²) in [6, 6.07) is 9.15. The quantitative estimate of drug-likeness (QED) is 0.925. The van der Waals surface area contributed by atoms with Crippen LogP contribution in [0.15, 0.2) is 24.3 Å². The number of ether oxygens (including phenoxy) is 1. The number of likely N-dealkylation sites (tertiary alicyclic amines) is 2. The molecule has 1 aromatic rings. The van der Waals surface area contributed by atoms with Gasteiger partial charge in [0.2, 0.25) is 0 Å². The van der Waals surface area contributed by atoms with Gasteiger partial charge in [-0.3, -0.25) is 4.90 Å². The fourth-order valence-corrected chi connectivity index (χ4v) is 3.87. The molecule has 0 radical (unpaired) electrons. The minimum atomic E-state index is 0.326. The number of hydrogen-bond donors (Lipinski definition) is 1. The zero-order valence-electron chi connectivity index (χ0n) is 13.9. The molecule has 0 spiro atoms. The molecule has 3 rings (SSSR count). The number of nitrogens with zero attached hydrogens (tertiary/aromatic N) is 2. The summed E-state index contributed by atoms with van der Waals surface area (Å²) < 4.78 is 6.23. The summed E-state index contributed by atoms with van der Waals surface area (Å²) in [5.74, 6) is 1.63. The Kier molecular flexibility index (Phi) is 5.01. The fraction of sp³-hybridized carbons (Fsp3) is 0.667. The Balaban J connectivity index is 1.67. The van der Waals surface area contributed by atoms with E-state index in [0.717, 1.165) is 38.2 Å². The molecule has 0 aliphatic carbocycles. The molecule has 0 amide bonds. The van der Waals surface area contributed by atoms with Gasteiger partial charge < -0.3 is 15.4 Å². The number of benzene rings is 1. The summed E-state index contributed by atoms with van der Waals surface area (Å²) in [5, 5.41) is 0. The number of likely N-dealkylation sites (N-methyl/N-ethyl adjacent to an activating group) is 1. The Labute approximate surface area is 134 Å². The Morgan fingerprint density at radius 2 is 2.14 bits per heavy atom. The molecule has 2 fully saturated rings. The van der Waals surface area contributed by atoms with Gasteiger partial charge in [0, 0.05) is 19.1 Å². The lowest BCUT2D eigenvalue weighted by atomic mass is 10.00. The summed E-state index contributed by atoms with van der Waals surface area (Å²) in [5.41, 5.74) is 7.21. The topological polar surface area (TPSA) is 41.7 Å². The second kappa shape index (κ2) is 6.99. The lowest BCUT2D eigenvalue weighted by Gasteiger charge is -2.30. The van der Waals surface area contributed by atoms with Crippen molar-refractivity contribution in [2.24, 2.45) is 11.7 Å². The van der Waals surface area contributed by atoms with Crippen LogP contribution < -0.4 is 10.5 Å². The Hall–Kier alpha value is -1.10. The molecule has 2 N–H and O–H groups in total. The fourth-order valence-electron chi connectivity index (χ4n) is 3.87. The van der Waals surface area contributed by atoms with E-state index in [9.17, 15) is 0 Å². The lowest BCUT2D eigenvalue weighted by Crippen LogP contribution is -2.38. The summed E-state index contributed by atoms with van der Waals surface area (Å²) in [6.45, 7) is 4.10. The Morgan fingerprint density at radius 1 is 1.27 bits per heavy atom. The molecule has 0 saturated carbocycles. The molecule has 2 saturated heterocycles. The second-order valence-electron chi connectivity index (χ2n) is 7.01. The highest BCUT2D eigenvalue weighted by atomic mass is 16.5. The van der Waals surface area contributed by atoms with Gasteiger partial charge in [-0.05, 0) is 70.1 Å². The van der Waals surface area contributed by atoms with Gasteiger partial charge in [0.25, 0.3) is 0 Å². The normalized spacial score (nSPS) is 30.6. The molecule has 0 bridgehead atoms. The van der Waals surface area contributed by atoms with Crippen LogP contribution in [0.4, 0.5) is 0 Å². The van der Waals surface area contributed by atoms with E-state index in [1.54, 1.807) is 0 Å². The van der Waals surface area contributed by atoms with Gasteiger partial charge in [-0.25, -0.2) is 0 Å². The third-order valence-corrected chi connectivity index (χ3v) is 5.10. The largest absolute Gasteiger partial charge is 0.489 e. The van der Waals surface area contributed by atoms with Crippen LogP contribution in [-0.2, 0) is 0 Å². The number of rotatable bonds is 4. The van der Waals surface area contributed by atoms with E-state index in [2.05, 4.69) is 48.2 Å². The first-order valence-electron chi connectivity index (χ1n) is 8.51. The van der Waals surface area contributed by atoms with Crippen molar-refractivity contribution in [1.29, 1.82) is 0 Å². The van der Waals surface area contributed by atoms with Gasteiger partial charge in [-0.2, -0.15) is 0 Å². The van der Waals surface area contributed by atoms with E-state index >= 15 is 0 Å². The second-order valence-corrected chi connectivity index (χ2v) is 7.01. The highest BCUT2D eigenvalue weighted by molar-refractivity contribution is 5.31. The van der Waals surface area contributed by atoms with Gasteiger partial charge >= 0.3 is 0 Å². The van der Waals surface area contributed by atoms with Crippen molar-refractivity contribution in [1.82, 2.24) is 9.80 Å². The van der Waals surface area contributed by atoms with Crippen molar-refractivity contribution < 1.29 is 4.74 Å². The smallest absolute Gasteiger partial charge is 0.120 e. The lowest BCUT2D eigenvalue weighted by molar-refractivity contribution is 0.104. The molecule has 2 heterocycles. The highest BCUT2D eigenvalue weighted by Crippen LogP contribution is 2.35. The zero-order valence-corrected chi connectivity index (χ0v) is 13.9. The minimum Gasteiger partial charge on any atom is -0.489 e. The number of hydrogen-bond acceptors (Lipinski definition) is 4. The van der Waals surface area contributed by atoms with Crippen LogP contribution in [-0.4, -0.2) is 56.2 Å². The van der Waals surface area contributed by atoms with Crippen LogP contribution in [0.2, 0.25) is 0 Å². The average molecular weight is 303 g/mol. The van der Waals surface area contributed by atoms with Gasteiger partial charge in [0.05, 0.1) is 0 Å². The summed E-state index contributed by atoms with van der Waals surface area (Å²) in [4.78, 5) is 4.78. The molecule has 2 aliphatic heterocycles. The van der Waals surface area contributed by atoms with Gasteiger partial charge in [0.1, 0.15) is 11.9 Å². The standard InChI is InChI=1S/C18H29N3O/c1-20-8-4-7-17(13-20)22-16-6-3-5-15(10-16)18-9-14(11-19)12-21(18)2/h3,5-6,10,14,17-18H,4,7-9,11-13,19H2,1-2H3. The summed E-state index contributed by atoms with van der Waals surface area (Å²) in [6.07, 6.45) is 3.87. The van der Waals surface area contributed by atoms with Gasteiger partial charge in [-0.15, -0.1) is 0 Å². The summed E-state index contributed by atoms with van der Waals surface area (Å²) >= 11 is 0. The molecular formula is C18H29N3O. The van der Waals surface area contributed by atoms with Gasteiger partial charge in [-0.1, -0.05) is 12.1 Å². The number of piperidine rings is 1. The van der Waals surface area contributed by atoms with E-state index in [4.69, 9.17) is 10.5 Å². The van der Waals surface area contributed by atoms with Gasteiger partial charge in [0.15, 0.2) is 0 Å². The van der Waals surface area contributed by atoms with Crippen molar-refractivity contribution in [3.8, 4) is 5.75 Å². The van der Waals surface area contributed by atoms with Crippen LogP contribution >= 0.6 is 0 Å². The zero-order chi connectivity index (χ0) is 15.5. The predicted molar refractivity (Wildman–Crippen MR) is 90.1 cm³/mol. The van der Waals surface area contributed by atoms with Crippen molar-refractivity contribution in [2.45, 2.75) is 31.4 Å². The summed E-state index contributed by atoms with van der Waals surface area (Å²) in [7, 11) is 4.37. The molecule has 2 aliphatic rings. The SMILES string of the molecule is CN1CCCC(Oc2cccc(C3CC(CN)CN3C)c2)C1. The van der Waals surface area contributed by atoms with Crippen LogP contribution in [0.1, 0.15) is 30.9 Å². The third-order valence-electron chi connectivity index (χ3n) is 5.10. The predicted octanol–water partition coefficient (Wildman–Crippen LogP) is 2.11. The molecule has 3 unspecified atom stereocenters. The highest BCUT2D eigenvalue weighted by Gasteiger charge is 2.30. The van der Waals surface area contributed by atoms with Crippen molar-refractivity contribution >= 4 is 0 Å². The van der Waals surface area contributed by atoms with E-state index in [-0.39, 0.29) is 0 Å². The average Bonchev–Trinajstić information content (AvgIpc) is 2.89. The van der Waals surface area contributed by atoms with Crippen molar-refractivity contribution in [3.63, 3.8) is 0 Å². The molecular weight excluding hydrogens is 274 g/mol. The van der Waals surface area contributed by atoms with E-state index < -0.39 is 0 Å². The van der Waals surface area contributed by atoms with E-state index in [0.29, 0.717) is 18.1 Å². The maximum atomic E-state index is 6.23. The van der Waals surface area contributed by atoms with Crippen LogP contribution in [0.5, 0.6) is 5.75 Å². The van der Waals surface area contributed by atoms with E-state index in [1.807, 2.05) is 0 Å².